The van der Waals surface area contributed by atoms with Crippen LogP contribution >= 0.6 is 7.82 Å². The van der Waals surface area contributed by atoms with E-state index in [1.807, 2.05) is 6.92 Å². The minimum atomic E-state index is -4.53. The molecule has 8 nitrogen and oxygen atoms in total. The predicted molar refractivity (Wildman–Crippen MR) is 74.0 cm³/mol. The van der Waals surface area contributed by atoms with Crippen LogP contribution in [0.3, 0.4) is 0 Å². The average Bonchev–Trinajstić information content (AvgIpc) is 2.90. The van der Waals surface area contributed by atoms with Crippen molar-refractivity contribution in [2.45, 2.75) is 50.4 Å². The van der Waals surface area contributed by atoms with E-state index in [1.165, 1.54) is 7.11 Å². The lowest BCUT2D eigenvalue weighted by Gasteiger charge is -2.29. The molecule has 0 aromatic carbocycles. The maximum absolute atomic E-state index is 11.9. The van der Waals surface area contributed by atoms with Crippen LogP contribution in [0.1, 0.15) is 19.8 Å². The van der Waals surface area contributed by atoms with E-state index >= 15 is 0 Å². The summed E-state index contributed by atoms with van der Waals surface area (Å²) in [6, 6.07) is -0.599. The largest absolute Gasteiger partial charge is 0.756 e. The van der Waals surface area contributed by atoms with Gasteiger partial charge >= 0.3 is 0 Å². The molecule has 0 aromatic rings. The molecule has 1 unspecified atom stereocenters. The normalized spacial score (nSPS) is 41.6. The van der Waals surface area contributed by atoms with Crippen molar-refractivity contribution in [2.75, 3.05) is 20.3 Å². The molecule has 126 valence electrons. The highest BCUT2D eigenvalue weighted by molar-refractivity contribution is 7.45. The fourth-order valence-corrected chi connectivity index (χ4v) is 3.54. The monoisotopic (exact) mass is 335 g/mol. The lowest BCUT2D eigenvalue weighted by molar-refractivity contribution is -0.234. The maximum Gasteiger partial charge on any atom is 0.268 e. The molecule has 0 amide bonds. The second kappa shape index (κ2) is 7.72. The lowest BCUT2D eigenvalue weighted by atomic mass is 9.96. The maximum atomic E-state index is 11.9. The van der Waals surface area contributed by atoms with Crippen molar-refractivity contribution in [3.63, 3.8) is 0 Å². The first-order valence-corrected chi connectivity index (χ1v) is 8.64. The third-order valence-corrected chi connectivity index (χ3v) is 4.76. The fourth-order valence-electron chi connectivity index (χ4n) is 2.60. The minimum absolute atomic E-state index is 0.000485. The van der Waals surface area contributed by atoms with E-state index < -0.39 is 38.4 Å². The Labute approximate surface area is 131 Å². The molecule has 0 aromatic heterocycles. The molecule has 2 aliphatic heterocycles. The Morgan fingerprint density at radius 1 is 1.32 bits per heavy atom. The number of phosphoric ester groups is 1. The summed E-state index contributed by atoms with van der Waals surface area (Å²) in [6.07, 6.45) is -2.00. The standard InChI is InChI=1S/C12H22BO8P/c1-7-3-12(14)20-9(7)6-18-22(15,16)21-8-4-11(13)19-10(8)5-17-2/h7-12,14H,3-6H2,1-2H3,(H,15,16)/p-1/t7-,8-,9-,10-,11-,12-/m1/s1. The summed E-state index contributed by atoms with van der Waals surface area (Å²) in [5, 5.41) is 9.35. The van der Waals surface area contributed by atoms with Gasteiger partial charge in [0.2, 0.25) is 0 Å². The third-order valence-electron chi connectivity index (χ3n) is 3.76. The first kappa shape index (κ1) is 18.4. The minimum Gasteiger partial charge on any atom is -0.756 e. The molecule has 2 rings (SSSR count). The molecule has 10 heteroatoms. The van der Waals surface area contributed by atoms with Crippen LogP contribution in [0.5, 0.6) is 0 Å². The van der Waals surface area contributed by atoms with Crippen molar-refractivity contribution >= 4 is 15.7 Å². The summed E-state index contributed by atoms with van der Waals surface area (Å²) in [5.74, 6) is -0.000485. The summed E-state index contributed by atoms with van der Waals surface area (Å²) in [6.45, 7) is 1.82. The highest BCUT2D eigenvalue weighted by atomic mass is 31.2. The van der Waals surface area contributed by atoms with Gasteiger partial charge in [-0.2, -0.15) is 0 Å². The molecule has 0 aliphatic carbocycles. The molecule has 0 spiro atoms. The van der Waals surface area contributed by atoms with Gasteiger partial charge in [0.15, 0.2) is 6.29 Å². The second-order valence-electron chi connectivity index (χ2n) is 5.63. The van der Waals surface area contributed by atoms with Crippen LogP contribution in [0.15, 0.2) is 0 Å². The van der Waals surface area contributed by atoms with Gasteiger partial charge < -0.3 is 33.3 Å². The average molecular weight is 335 g/mol. The van der Waals surface area contributed by atoms with Crippen LogP contribution in [0.25, 0.3) is 0 Å². The number of hydrogen-bond donors (Lipinski definition) is 1. The summed E-state index contributed by atoms with van der Waals surface area (Å²) in [5.41, 5.74) is 0. The molecule has 1 N–H and O–H groups in total. The zero-order chi connectivity index (χ0) is 16.3. The van der Waals surface area contributed by atoms with Crippen molar-refractivity contribution in [3.05, 3.63) is 0 Å². The van der Waals surface area contributed by atoms with Gasteiger partial charge in [-0.25, -0.2) is 0 Å². The number of rotatable bonds is 7. The third kappa shape index (κ3) is 5.01. The van der Waals surface area contributed by atoms with Gasteiger partial charge in [0, 0.05) is 19.5 Å². The van der Waals surface area contributed by atoms with Gasteiger partial charge in [-0.3, -0.25) is 4.57 Å². The van der Waals surface area contributed by atoms with Crippen molar-refractivity contribution < 1.29 is 37.8 Å². The Morgan fingerprint density at radius 3 is 2.64 bits per heavy atom. The van der Waals surface area contributed by atoms with E-state index in [9.17, 15) is 14.6 Å². The first-order valence-electron chi connectivity index (χ1n) is 7.18. The number of aliphatic hydroxyl groups is 1. The second-order valence-corrected chi connectivity index (χ2v) is 7.00. The number of phosphoric acid groups is 1. The summed E-state index contributed by atoms with van der Waals surface area (Å²) >= 11 is 0. The molecule has 2 aliphatic rings. The summed E-state index contributed by atoms with van der Waals surface area (Å²) < 4.78 is 37.2. The van der Waals surface area contributed by atoms with Crippen LogP contribution in [-0.2, 0) is 27.8 Å². The van der Waals surface area contributed by atoms with Gasteiger partial charge in [0.25, 0.3) is 7.82 Å². The number of hydrogen-bond acceptors (Lipinski definition) is 8. The zero-order valence-corrected chi connectivity index (χ0v) is 13.5. The molecular formula is C12H21BO8P-. The van der Waals surface area contributed by atoms with Crippen molar-refractivity contribution in [1.82, 2.24) is 0 Å². The van der Waals surface area contributed by atoms with E-state index in [0.717, 1.165) is 0 Å². The van der Waals surface area contributed by atoms with E-state index in [-0.39, 0.29) is 25.6 Å². The lowest BCUT2D eigenvalue weighted by Crippen LogP contribution is -2.31. The Kier molecular flexibility index (Phi) is 6.44. The van der Waals surface area contributed by atoms with Crippen molar-refractivity contribution in [1.29, 1.82) is 0 Å². The van der Waals surface area contributed by atoms with Gasteiger partial charge in [-0.05, 0) is 12.3 Å². The number of aliphatic hydroxyl groups excluding tert-OH is 1. The van der Waals surface area contributed by atoms with Crippen LogP contribution in [0.2, 0.25) is 0 Å². The van der Waals surface area contributed by atoms with Crippen LogP contribution < -0.4 is 4.89 Å². The highest BCUT2D eigenvalue weighted by Gasteiger charge is 2.37. The Balaban J connectivity index is 1.83. The predicted octanol–water partition coefficient (Wildman–Crippen LogP) is -0.470. The van der Waals surface area contributed by atoms with E-state index in [1.54, 1.807) is 0 Å². The van der Waals surface area contributed by atoms with Gasteiger partial charge in [0.05, 0.1) is 25.4 Å². The zero-order valence-electron chi connectivity index (χ0n) is 12.6. The molecule has 2 radical (unpaired) electrons. The molecule has 22 heavy (non-hydrogen) atoms. The Bertz CT molecular complexity index is 411. The van der Waals surface area contributed by atoms with E-state index in [0.29, 0.717) is 6.42 Å². The van der Waals surface area contributed by atoms with Gasteiger partial charge in [-0.15, -0.1) is 0 Å². The molecular weight excluding hydrogens is 314 g/mol. The molecule has 2 fully saturated rings. The molecule has 0 bridgehead atoms. The Morgan fingerprint density at radius 2 is 2.05 bits per heavy atom. The SMILES string of the molecule is [B][C@H]1C[C@@H](OP(=O)([O-])OC[C@H]2O[C@@H](O)C[C@H]2C)[C@@H](COC)O1. The van der Waals surface area contributed by atoms with E-state index in [4.69, 9.17) is 31.1 Å². The van der Waals surface area contributed by atoms with Gasteiger partial charge in [-0.1, -0.05) is 6.92 Å². The summed E-state index contributed by atoms with van der Waals surface area (Å²) in [4.78, 5) is 11.9. The van der Waals surface area contributed by atoms with Crippen LogP contribution in [0.4, 0.5) is 0 Å². The first-order chi connectivity index (χ1) is 10.3. The molecule has 7 atom stereocenters. The quantitative estimate of drug-likeness (QED) is 0.492. The van der Waals surface area contributed by atoms with Crippen LogP contribution in [0, 0.1) is 5.92 Å². The number of methoxy groups -OCH3 is 1. The molecule has 2 heterocycles. The summed E-state index contributed by atoms with van der Waals surface area (Å²) in [7, 11) is 2.58. The fraction of sp³-hybridized carbons (Fsp3) is 1.00. The Hall–Kier alpha value is 0.0149. The van der Waals surface area contributed by atoms with Gasteiger partial charge in [0.1, 0.15) is 14.0 Å². The smallest absolute Gasteiger partial charge is 0.268 e. The topological polar surface area (TPSA) is 107 Å². The highest BCUT2D eigenvalue weighted by Crippen LogP contribution is 2.44. The van der Waals surface area contributed by atoms with Crippen LogP contribution in [-0.4, -0.2) is 63.9 Å². The van der Waals surface area contributed by atoms with E-state index in [2.05, 4.69) is 0 Å². The molecule has 2 saturated heterocycles. The van der Waals surface area contributed by atoms with Crippen molar-refractivity contribution in [3.8, 4) is 0 Å². The molecule has 0 saturated carbocycles. The number of ether oxygens (including phenoxy) is 3. The van der Waals surface area contributed by atoms with Crippen molar-refractivity contribution in [2.24, 2.45) is 5.92 Å².